The van der Waals surface area contributed by atoms with E-state index in [0.29, 0.717) is 24.0 Å². The number of carbonyl (C=O) groups excluding carboxylic acids is 2. The third-order valence-electron chi connectivity index (χ3n) is 3.25. The van der Waals surface area contributed by atoms with Gasteiger partial charge in [-0.25, -0.2) is 0 Å². The second-order valence-corrected chi connectivity index (χ2v) is 6.49. The van der Waals surface area contributed by atoms with Crippen LogP contribution in [0.5, 0.6) is 0 Å². The van der Waals surface area contributed by atoms with E-state index in [-0.39, 0.29) is 24.5 Å². The minimum atomic E-state index is -0.266. The van der Waals surface area contributed by atoms with E-state index in [1.165, 1.54) is 22.3 Å². The fourth-order valence-electron chi connectivity index (χ4n) is 2.09. The minimum Gasteiger partial charge on any atom is -0.369 e. The first-order valence-electron chi connectivity index (χ1n) is 6.53. The molecule has 2 heterocycles. The van der Waals surface area contributed by atoms with E-state index in [9.17, 15) is 9.59 Å². The molecule has 7 heteroatoms. The number of nitrogens with zero attached hydrogens (tertiary/aromatic N) is 2. The highest BCUT2D eigenvalue weighted by molar-refractivity contribution is 7.16. The van der Waals surface area contributed by atoms with Crippen molar-refractivity contribution in [1.29, 1.82) is 0 Å². The topological polar surface area (TPSA) is 49.9 Å². The predicted molar refractivity (Wildman–Crippen MR) is 82.4 cm³/mol. The summed E-state index contributed by atoms with van der Waals surface area (Å²) in [7, 11) is 1.58. The zero-order valence-corrected chi connectivity index (χ0v) is 13.3. The van der Waals surface area contributed by atoms with Gasteiger partial charge in [-0.1, -0.05) is 18.2 Å². The second-order valence-electron chi connectivity index (χ2n) is 4.74. The summed E-state index contributed by atoms with van der Waals surface area (Å²) in [4.78, 5) is 27.7. The lowest BCUT2D eigenvalue weighted by Crippen LogP contribution is -2.46. The molecule has 1 atom stereocenters. The van der Waals surface area contributed by atoms with Crippen LogP contribution in [0.3, 0.4) is 0 Å². The Morgan fingerprint density at radius 1 is 1.62 bits per heavy atom. The van der Waals surface area contributed by atoms with Crippen molar-refractivity contribution in [1.82, 2.24) is 9.80 Å². The minimum absolute atomic E-state index is 0.0444. The van der Waals surface area contributed by atoms with Crippen LogP contribution in [-0.2, 0) is 14.3 Å². The van der Waals surface area contributed by atoms with Crippen molar-refractivity contribution in [3.63, 3.8) is 0 Å². The van der Waals surface area contributed by atoms with Crippen molar-refractivity contribution >= 4 is 34.8 Å². The van der Waals surface area contributed by atoms with E-state index in [0.717, 1.165) is 4.88 Å². The fraction of sp³-hybridized carbons (Fsp3) is 0.429. The van der Waals surface area contributed by atoms with Gasteiger partial charge >= 0.3 is 0 Å². The maximum Gasteiger partial charge on any atom is 0.246 e. The molecule has 1 fully saturated rings. The fourth-order valence-corrected chi connectivity index (χ4v) is 3.19. The Bertz CT molecular complexity index is 546. The third kappa shape index (κ3) is 4.06. The average Bonchev–Trinajstić information content (AvgIpc) is 2.93. The number of hydrogen-bond acceptors (Lipinski definition) is 4. The molecule has 21 heavy (non-hydrogen) atoms. The van der Waals surface area contributed by atoms with E-state index in [1.807, 2.05) is 12.1 Å². The van der Waals surface area contributed by atoms with Gasteiger partial charge in [-0.15, -0.1) is 11.3 Å². The number of halogens is 1. The molecule has 1 unspecified atom stereocenters. The van der Waals surface area contributed by atoms with Crippen molar-refractivity contribution in [3.05, 3.63) is 34.0 Å². The van der Waals surface area contributed by atoms with Gasteiger partial charge in [-0.05, 0) is 18.2 Å². The number of carbonyl (C=O) groups is 2. The van der Waals surface area contributed by atoms with Crippen LogP contribution >= 0.6 is 22.9 Å². The van der Waals surface area contributed by atoms with Gasteiger partial charge in [0.25, 0.3) is 0 Å². The number of likely N-dealkylation sites (N-methyl/N-ethyl adjacent to an activating group) is 1. The Balaban J connectivity index is 1.95. The average molecular weight is 329 g/mol. The molecular weight excluding hydrogens is 312 g/mol. The highest BCUT2D eigenvalue weighted by atomic mass is 35.5. The quantitative estimate of drug-likeness (QED) is 0.794. The first kappa shape index (κ1) is 16.0. The molecule has 1 saturated heterocycles. The summed E-state index contributed by atoms with van der Waals surface area (Å²) >= 11 is 7.38. The van der Waals surface area contributed by atoms with Crippen LogP contribution in [0.4, 0.5) is 0 Å². The molecule has 0 saturated carbocycles. The third-order valence-corrected chi connectivity index (χ3v) is 4.58. The van der Waals surface area contributed by atoms with E-state index in [2.05, 4.69) is 6.58 Å². The Kier molecular flexibility index (Phi) is 5.39. The standard InChI is InChI=1S/C14H17ClN2O3S/c1-3-13(18)16(2)9-14(19)17-6-7-20-10(8-17)11-4-5-12(15)21-11/h3-5,10H,1,6-9H2,2H3. The molecule has 1 aromatic rings. The predicted octanol–water partition coefficient (Wildman–Crippen LogP) is 1.95. The van der Waals surface area contributed by atoms with Crippen molar-refractivity contribution in [2.45, 2.75) is 6.10 Å². The van der Waals surface area contributed by atoms with Crippen LogP contribution in [0, 0.1) is 0 Å². The molecule has 0 aliphatic carbocycles. The number of hydrogen-bond donors (Lipinski definition) is 0. The molecule has 1 aliphatic rings. The SMILES string of the molecule is C=CC(=O)N(C)CC(=O)N1CCOC(c2ccc(Cl)s2)C1. The monoisotopic (exact) mass is 328 g/mol. The van der Waals surface area contributed by atoms with Gasteiger partial charge in [0.05, 0.1) is 24.0 Å². The molecule has 2 amide bonds. The molecule has 0 aromatic carbocycles. The molecule has 0 radical (unpaired) electrons. The molecule has 114 valence electrons. The number of thiophene rings is 1. The summed E-state index contributed by atoms with van der Waals surface area (Å²) in [5, 5.41) is 0. The van der Waals surface area contributed by atoms with Crippen LogP contribution in [0.25, 0.3) is 0 Å². The number of rotatable bonds is 4. The zero-order chi connectivity index (χ0) is 15.4. The van der Waals surface area contributed by atoms with Crippen LogP contribution < -0.4 is 0 Å². The normalized spacial score (nSPS) is 18.4. The molecule has 5 nitrogen and oxygen atoms in total. The Labute approximate surface area is 132 Å². The number of amides is 2. The highest BCUT2D eigenvalue weighted by Gasteiger charge is 2.27. The summed E-state index contributed by atoms with van der Waals surface area (Å²) in [6.07, 6.45) is 1.05. The molecule has 0 bridgehead atoms. The van der Waals surface area contributed by atoms with Gasteiger partial charge in [-0.3, -0.25) is 9.59 Å². The molecule has 1 aliphatic heterocycles. The van der Waals surface area contributed by atoms with Crippen molar-refractivity contribution in [2.75, 3.05) is 33.3 Å². The van der Waals surface area contributed by atoms with Gasteiger partial charge < -0.3 is 14.5 Å². The van der Waals surface area contributed by atoms with Gasteiger partial charge in [0.15, 0.2) is 0 Å². The number of ether oxygens (including phenoxy) is 1. The second kappa shape index (κ2) is 7.06. The summed E-state index contributed by atoms with van der Waals surface area (Å²) in [6, 6.07) is 3.74. The Morgan fingerprint density at radius 3 is 3.00 bits per heavy atom. The van der Waals surface area contributed by atoms with Crippen molar-refractivity contribution in [2.24, 2.45) is 0 Å². The molecule has 2 rings (SSSR count). The first-order chi connectivity index (χ1) is 10.0. The number of morpholine rings is 1. The zero-order valence-electron chi connectivity index (χ0n) is 11.8. The van der Waals surface area contributed by atoms with Gasteiger partial charge in [0, 0.05) is 18.5 Å². The van der Waals surface area contributed by atoms with Crippen LogP contribution in [0.2, 0.25) is 4.34 Å². The van der Waals surface area contributed by atoms with E-state index < -0.39 is 0 Å². The van der Waals surface area contributed by atoms with E-state index >= 15 is 0 Å². The summed E-state index contributed by atoms with van der Waals surface area (Å²) in [6.45, 7) is 4.94. The lowest BCUT2D eigenvalue weighted by atomic mass is 10.2. The maximum atomic E-state index is 12.2. The molecule has 0 N–H and O–H groups in total. The van der Waals surface area contributed by atoms with Crippen LogP contribution in [-0.4, -0.2) is 54.9 Å². The van der Waals surface area contributed by atoms with Crippen molar-refractivity contribution < 1.29 is 14.3 Å². The first-order valence-corrected chi connectivity index (χ1v) is 7.73. The van der Waals surface area contributed by atoms with Crippen molar-refractivity contribution in [3.8, 4) is 0 Å². The Hall–Kier alpha value is -1.37. The van der Waals surface area contributed by atoms with E-state index in [1.54, 1.807) is 11.9 Å². The lowest BCUT2D eigenvalue weighted by molar-refractivity contribution is -0.143. The molecule has 0 spiro atoms. The molecular formula is C14H17ClN2O3S. The largest absolute Gasteiger partial charge is 0.369 e. The van der Waals surface area contributed by atoms with Crippen LogP contribution in [0.15, 0.2) is 24.8 Å². The van der Waals surface area contributed by atoms with Gasteiger partial charge in [-0.2, -0.15) is 0 Å². The highest BCUT2D eigenvalue weighted by Crippen LogP contribution is 2.31. The summed E-state index contributed by atoms with van der Waals surface area (Å²) < 4.78 is 6.39. The van der Waals surface area contributed by atoms with Gasteiger partial charge in [0.2, 0.25) is 11.8 Å². The maximum absolute atomic E-state index is 12.2. The molecule has 1 aromatic heterocycles. The van der Waals surface area contributed by atoms with Crippen LogP contribution in [0.1, 0.15) is 11.0 Å². The summed E-state index contributed by atoms with van der Waals surface area (Å²) in [5.41, 5.74) is 0. The van der Waals surface area contributed by atoms with Gasteiger partial charge in [0.1, 0.15) is 6.10 Å². The Morgan fingerprint density at radius 2 is 2.38 bits per heavy atom. The smallest absolute Gasteiger partial charge is 0.246 e. The van der Waals surface area contributed by atoms with E-state index in [4.69, 9.17) is 16.3 Å². The summed E-state index contributed by atoms with van der Waals surface area (Å²) in [5.74, 6) is -0.359. The lowest BCUT2D eigenvalue weighted by Gasteiger charge is -2.33.